The van der Waals surface area contributed by atoms with Crippen LogP contribution in [-0.2, 0) is 9.59 Å². The van der Waals surface area contributed by atoms with Gasteiger partial charge in [0.25, 0.3) is 0 Å². The molecule has 0 saturated heterocycles. The van der Waals surface area contributed by atoms with Crippen molar-refractivity contribution in [2.24, 2.45) is 5.92 Å². The number of hydrogen-bond donors (Lipinski definition) is 1. The van der Waals surface area contributed by atoms with E-state index < -0.39 is 17.8 Å². The number of halogens is 2. The molecule has 13 heavy (non-hydrogen) atoms. The Morgan fingerprint density at radius 1 is 1.54 bits per heavy atom. The van der Waals surface area contributed by atoms with Gasteiger partial charge in [0.05, 0.1) is 0 Å². The number of carboxylic acid groups (broad SMARTS) is 1. The zero-order chi connectivity index (χ0) is 10.1. The van der Waals surface area contributed by atoms with Gasteiger partial charge in [0.2, 0.25) is 0 Å². The number of alkyl halides is 2. The number of carbonyl (C=O) groups is 2. The van der Waals surface area contributed by atoms with Crippen LogP contribution in [-0.4, -0.2) is 22.8 Å². The minimum Gasteiger partial charge on any atom is -0.477 e. The van der Waals surface area contributed by atoms with Crippen LogP contribution < -0.4 is 0 Å². The highest BCUT2D eigenvalue weighted by atomic mass is 19.3. The van der Waals surface area contributed by atoms with Crippen molar-refractivity contribution in [2.75, 3.05) is 0 Å². The minimum atomic E-state index is -3.75. The van der Waals surface area contributed by atoms with Crippen molar-refractivity contribution in [3.63, 3.8) is 0 Å². The molecule has 1 atom stereocenters. The van der Waals surface area contributed by atoms with E-state index in [1.54, 1.807) is 0 Å². The van der Waals surface area contributed by atoms with Gasteiger partial charge < -0.3 is 5.11 Å². The van der Waals surface area contributed by atoms with Gasteiger partial charge in [0.1, 0.15) is 5.78 Å². The van der Waals surface area contributed by atoms with E-state index in [9.17, 15) is 18.4 Å². The lowest BCUT2D eigenvalue weighted by molar-refractivity contribution is -0.175. The molecular formula is C8H10F2O3. The first-order valence-electron chi connectivity index (χ1n) is 4.07. The molecule has 3 nitrogen and oxygen atoms in total. The molecule has 1 fully saturated rings. The van der Waals surface area contributed by atoms with E-state index in [4.69, 9.17) is 5.11 Å². The summed E-state index contributed by atoms with van der Waals surface area (Å²) in [5, 5.41) is 8.22. The second-order valence-electron chi connectivity index (χ2n) is 3.26. The molecule has 74 valence electrons. The Hall–Kier alpha value is -1.00. The van der Waals surface area contributed by atoms with E-state index in [2.05, 4.69) is 0 Å². The summed E-state index contributed by atoms with van der Waals surface area (Å²) >= 11 is 0. The number of carboxylic acids is 1. The fraction of sp³-hybridized carbons (Fsp3) is 0.750. The number of hydrogen-bond acceptors (Lipinski definition) is 2. The molecule has 0 amide bonds. The molecule has 1 rings (SSSR count). The summed E-state index contributed by atoms with van der Waals surface area (Å²) in [6.45, 7) is 0. The third-order valence-corrected chi connectivity index (χ3v) is 2.28. The average molecular weight is 192 g/mol. The van der Waals surface area contributed by atoms with E-state index in [0.29, 0.717) is 12.8 Å². The molecule has 5 heteroatoms. The van der Waals surface area contributed by atoms with Gasteiger partial charge in [0.15, 0.2) is 0 Å². The topological polar surface area (TPSA) is 54.4 Å². The molecule has 0 aromatic carbocycles. The van der Waals surface area contributed by atoms with E-state index in [1.165, 1.54) is 0 Å². The normalized spacial score (nSPS) is 24.5. The Morgan fingerprint density at radius 3 is 2.62 bits per heavy atom. The van der Waals surface area contributed by atoms with Gasteiger partial charge in [-0.25, -0.2) is 4.79 Å². The van der Waals surface area contributed by atoms with Crippen molar-refractivity contribution in [2.45, 2.75) is 31.6 Å². The van der Waals surface area contributed by atoms with Crippen LogP contribution in [0.2, 0.25) is 0 Å². The summed E-state index contributed by atoms with van der Waals surface area (Å²) in [6, 6.07) is 0. The number of rotatable bonds is 2. The van der Waals surface area contributed by atoms with E-state index >= 15 is 0 Å². The molecule has 0 aliphatic heterocycles. The van der Waals surface area contributed by atoms with E-state index in [0.717, 1.165) is 0 Å². The largest absolute Gasteiger partial charge is 0.477 e. The lowest BCUT2D eigenvalue weighted by Crippen LogP contribution is -2.39. The van der Waals surface area contributed by atoms with Crippen molar-refractivity contribution in [1.82, 2.24) is 0 Å². The van der Waals surface area contributed by atoms with Gasteiger partial charge in [-0.1, -0.05) is 0 Å². The second-order valence-corrected chi connectivity index (χ2v) is 3.26. The fourth-order valence-electron chi connectivity index (χ4n) is 1.51. The highest BCUT2D eigenvalue weighted by Crippen LogP contribution is 2.35. The summed E-state index contributed by atoms with van der Waals surface area (Å²) in [4.78, 5) is 21.0. The smallest absolute Gasteiger partial charge is 0.374 e. The molecule has 1 N–H and O–H groups in total. The maximum atomic E-state index is 12.9. The quantitative estimate of drug-likeness (QED) is 0.720. The van der Waals surface area contributed by atoms with Gasteiger partial charge in [-0.05, 0) is 12.8 Å². The van der Waals surface area contributed by atoms with Gasteiger partial charge in [-0.3, -0.25) is 4.79 Å². The van der Waals surface area contributed by atoms with Crippen molar-refractivity contribution in [3.05, 3.63) is 0 Å². The van der Waals surface area contributed by atoms with Crippen LogP contribution >= 0.6 is 0 Å². The summed E-state index contributed by atoms with van der Waals surface area (Å²) in [6.07, 6.45) is 0.475. The molecule has 0 bridgehead atoms. The molecule has 0 heterocycles. The first-order valence-corrected chi connectivity index (χ1v) is 4.07. The third kappa shape index (κ3) is 2.02. The van der Waals surface area contributed by atoms with Crippen LogP contribution in [0.5, 0.6) is 0 Å². The fourth-order valence-corrected chi connectivity index (χ4v) is 1.51. The van der Waals surface area contributed by atoms with Crippen LogP contribution in [0.25, 0.3) is 0 Å². The Kier molecular flexibility index (Phi) is 2.63. The summed E-state index contributed by atoms with van der Waals surface area (Å²) in [5.41, 5.74) is 0. The number of carbonyl (C=O) groups excluding carboxylic acids is 1. The lowest BCUT2D eigenvalue weighted by atomic mass is 9.84. The Balaban J connectivity index is 2.70. The predicted octanol–water partition coefficient (Wildman–Crippen LogP) is 1.47. The summed E-state index contributed by atoms with van der Waals surface area (Å²) in [7, 11) is 0. The first-order chi connectivity index (χ1) is 5.94. The van der Waals surface area contributed by atoms with Gasteiger partial charge in [0, 0.05) is 18.8 Å². The standard InChI is InChI=1S/C8H10F2O3/c9-8(10,7(12)13)5-2-1-3-6(11)4-5/h5H,1-4H2,(H,12,13). The number of Topliss-reactive ketones (excluding diaryl/α,β-unsaturated/α-hetero) is 1. The van der Waals surface area contributed by atoms with Crippen molar-refractivity contribution in [3.8, 4) is 0 Å². The summed E-state index contributed by atoms with van der Waals surface area (Å²) in [5.74, 6) is -7.47. The Labute approximate surface area is 73.7 Å². The summed E-state index contributed by atoms with van der Waals surface area (Å²) < 4.78 is 25.7. The third-order valence-electron chi connectivity index (χ3n) is 2.28. The molecule has 0 spiro atoms. The van der Waals surface area contributed by atoms with Gasteiger partial charge in [-0.15, -0.1) is 0 Å². The van der Waals surface area contributed by atoms with Gasteiger partial charge >= 0.3 is 11.9 Å². The van der Waals surface area contributed by atoms with E-state index in [1.807, 2.05) is 0 Å². The van der Waals surface area contributed by atoms with Crippen molar-refractivity contribution < 1.29 is 23.5 Å². The molecular weight excluding hydrogens is 182 g/mol. The van der Waals surface area contributed by atoms with Crippen LogP contribution in [0.3, 0.4) is 0 Å². The molecule has 1 aliphatic rings. The molecule has 1 saturated carbocycles. The molecule has 0 aromatic rings. The monoisotopic (exact) mass is 192 g/mol. The number of aliphatic carboxylic acids is 1. The van der Waals surface area contributed by atoms with Crippen LogP contribution in [0.1, 0.15) is 25.7 Å². The Morgan fingerprint density at radius 2 is 2.15 bits per heavy atom. The Bertz CT molecular complexity index is 238. The average Bonchev–Trinajstić information content (AvgIpc) is 2.04. The highest BCUT2D eigenvalue weighted by Gasteiger charge is 2.48. The van der Waals surface area contributed by atoms with Gasteiger partial charge in [-0.2, -0.15) is 8.78 Å². The predicted molar refractivity (Wildman–Crippen MR) is 39.5 cm³/mol. The minimum absolute atomic E-state index is 0.116. The lowest BCUT2D eigenvalue weighted by Gasteiger charge is -2.25. The maximum absolute atomic E-state index is 12.9. The molecule has 1 unspecified atom stereocenters. The van der Waals surface area contributed by atoms with Crippen LogP contribution in [0.4, 0.5) is 8.78 Å². The van der Waals surface area contributed by atoms with Crippen LogP contribution in [0.15, 0.2) is 0 Å². The second kappa shape index (κ2) is 3.40. The number of ketones is 1. The van der Waals surface area contributed by atoms with E-state index in [-0.39, 0.29) is 18.6 Å². The zero-order valence-corrected chi connectivity index (χ0v) is 6.93. The highest BCUT2D eigenvalue weighted by molar-refractivity contribution is 5.82. The zero-order valence-electron chi connectivity index (χ0n) is 6.93. The molecule has 0 aromatic heterocycles. The maximum Gasteiger partial charge on any atom is 0.374 e. The first kappa shape index (κ1) is 10.1. The molecule has 1 aliphatic carbocycles. The molecule has 0 radical (unpaired) electrons. The van der Waals surface area contributed by atoms with Crippen LogP contribution in [0, 0.1) is 5.92 Å². The SMILES string of the molecule is O=C1CCCC(C(F)(F)C(=O)O)C1. The van der Waals surface area contributed by atoms with Crippen molar-refractivity contribution >= 4 is 11.8 Å². The van der Waals surface area contributed by atoms with Crippen molar-refractivity contribution in [1.29, 1.82) is 0 Å².